The van der Waals surface area contributed by atoms with Gasteiger partial charge in [-0.15, -0.1) is 0 Å². The fraction of sp³-hybridized carbons (Fsp3) is 0.857. The molecule has 1 unspecified atom stereocenters. The summed E-state index contributed by atoms with van der Waals surface area (Å²) in [4.78, 5) is 22.8. The first kappa shape index (κ1) is 17.9. The number of hydrogen-bond acceptors (Lipinski definition) is 3. The number of hydrogen-bond donors (Lipinski definition) is 3. The summed E-state index contributed by atoms with van der Waals surface area (Å²) >= 11 is 0. The Balaban J connectivity index is 4.50. The number of nitrogens with two attached hydrogens (primary N) is 1. The van der Waals surface area contributed by atoms with Gasteiger partial charge in [-0.25, -0.2) is 0 Å². The van der Waals surface area contributed by atoms with Gasteiger partial charge in [0.15, 0.2) is 0 Å². The lowest BCUT2D eigenvalue weighted by molar-refractivity contribution is -0.138. The van der Waals surface area contributed by atoms with Gasteiger partial charge < -0.3 is 16.2 Å². The summed E-state index contributed by atoms with van der Waals surface area (Å²) < 4.78 is 0. The first-order chi connectivity index (χ1) is 8.47. The predicted octanol–water partition coefficient (Wildman–Crippen LogP) is 1.76. The highest BCUT2D eigenvalue weighted by Gasteiger charge is 2.28. The molecular formula is C14H28N2O3. The normalized spacial score (nSPS) is 14.0. The third-order valence-electron chi connectivity index (χ3n) is 2.94. The van der Waals surface area contributed by atoms with E-state index in [1.54, 1.807) is 0 Å². The molecule has 0 aromatic rings. The average molecular weight is 272 g/mol. The molecule has 19 heavy (non-hydrogen) atoms. The molecule has 5 nitrogen and oxygen atoms in total. The van der Waals surface area contributed by atoms with Gasteiger partial charge in [0.1, 0.15) is 0 Å². The van der Waals surface area contributed by atoms with Crippen LogP contribution >= 0.6 is 0 Å². The highest BCUT2D eigenvalue weighted by molar-refractivity contribution is 5.79. The fourth-order valence-corrected chi connectivity index (χ4v) is 1.94. The van der Waals surface area contributed by atoms with Gasteiger partial charge in [0.25, 0.3) is 0 Å². The number of carbonyl (C=O) groups excluding carboxylic acids is 1. The van der Waals surface area contributed by atoms with E-state index in [0.717, 1.165) is 0 Å². The van der Waals surface area contributed by atoms with E-state index in [4.69, 9.17) is 10.8 Å². The van der Waals surface area contributed by atoms with Crippen LogP contribution < -0.4 is 11.1 Å². The molecule has 0 bridgehead atoms. The van der Waals surface area contributed by atoms with Gasteiger partial charge in [0.2, 0.25) is 5.91 Å². The van der Waals surface area contributed by atoms with Crippen LogP contribution in [0.4, 0.5) is 0 Å². The Morgan fingerprint density at radius 3 is 2.11 bits per heavy atom. The van der Waals surface area contributed by atoms with E-state index in [9.17, 15) is 9.59 Å². The molecule has 0 spiro atoms. The van der Waals surface area contributed by atoms with Crippen molar-refractivity contribution in [1.82, 2.24) is 5.32 Å². The molecule has 0 fully saturated rings. The standard InChI is InChI=1S/C14H28N2O3/c1-13(2,3)8-10(9-15)12(19)16-14(4,5)7-6-11(17)18/h10H,6-9,15H2,1-5H3,(H,16,19)(H,17,18). The van der Waals surface area contributed by atoms with Crippen molar-refractivity contribution >= 4 is 11.9 Å². The van der Waals surface area contributed by atoms with Crippen LogP contribution in [0.25, 0.3) is 0 Å². The molecule has 0 radical (unpaired) electrons. The number of carbonyl (C=O) groups is 2. The van der Waals surface area contributed by atoms with Crippen molar-refractivity contribution in [3.63, 3.8) is 0 Å². The number of carboxylic acids is 1. The van der Waals surface area contributed by atoms with E-state index in [1.807, 2.05) is 13.8 Å². The van der Waals surface area contributed by atoms with Gasteiger partial charge in [-0.3, -0.25) is 9.59 Å². The molecule has 1 atom stereocenters. The van der Waals surface area contributed by atoms with Gasteiger partial charge in [0, 0.05) is 18.5 Å². The second-order valence-electron chi connectivity index (χ2n) is 6.96. The minimum Gasteiger partial charge on any atom is -0.481 e. The Bertz CT molecular complexity index is 319. The van der Waals surface area contributed by atoms with Crippen LogP contribution in [0, 0.1) is 11.3 Å². The summed E-state index contributed by atoms with van der Waals surface area (Å²) in [5.41, 5.74) is 5.17. The van der Waals surface area contributed by atoms with E-state index < -0.39 is 11.5 Å². The van der Waals surface area contributed by atoms with Crippen molar-refractivity contribution in [2.45, 2.75) is 59.4 Å². The maximum atomic E-state index is 12.2. The lowest BCUT2D eigenvalue weighted by atomic mass is 9.83. The summed E-state index contributed by atoms with van der Waals surface area (Å²) in [6.07, 6.45) is 1.16. The van der Waals surface area contributed by atoms with Crippen LogP contribution in [-0.4, -0.2) is 29.1 Å². The molecule has 0 aromatic heterocycles. The Morgan fingerprint density at radius 1 is 1.21 bits per heavy atom. The molecule has 0 saturated heterocycles. The SMILES string of the molecule is CC(C)(C)CC(CN)C(=O)NC(C)(C)CCC(=O)O. The van der Waals surface area contributed by atoms with Crippen LogP contribution in [0.15, 0.2) is 0 Å². The average Bonchev–Trinajstić information content (AvgIpc) is 2.21. The maximum absolute atomic E-state index is 12.2. The predicted molar refractivity (Wildman–Crippen MR) is 75.7 cm³/mol. The third kappa shape index (κ3) is 8.59. The van der Waals surface area contributed by atoms with Crippen molar-refractivity contribution in [1.29, 1.82) is 0 Å². The van der Waals surface area contributed by atoms with Crippen molar-refractivity contribution in [3.8, 4) is 0 Å². The molecule has 1 amide bonds. The molecule has 4 N–H and O–H groups in total. The minimum atomic E-state index is -0.854. The number of rotatable bonds is 7. The molecular weight excluding hydrogens is 244 g/mol. The van der Waals surface area contributed by atoms with E-state index >= 15 is 0 Å². The zero-order valence-corrected chi connectivity index (χ0v) is 12.7. The van der Waals surface area contributed by atoms with E-state index in [0.29, 0.717) is 19.4 Å². The summed E-state index contributed by atoms with van der Waals surface area (Å²) in [5.74, 6) is -1.18. The highest BCUT2D eigenvalue weighted by atomic mass is 16.4. The van der Waals surface area contributed by atoms with Crippen molar-refractivity contribution in [3.05, 3.63) is 0 Å². The number of amides is 1. The summed E-state index contributed by atoms with van der Waals surface area (Å²) in [6.45, 7) is 10.2. The molecule has 0 aromatic carbocycles. The second-order valence-corrected chi connectivity index (χ2v) is 6.96. The van der Waals surface area contributed by atoms with Crippen molar-refractivity contribution in [2.24, 2.45) is 17.1 Å². The Labute approximate surface area is 115 Å². The van der Waals surface area contributed by atoms with Gasteiger partial charge in [0.05, 0.1) is 5.92 Å². The van der Waals surface area contributed by atoms with Crippen LogP contribution in [-0.2, 0) is 9.59 Å². The van der Waals surface area contributed by atoms with E-state index in [2.05, 4.69) is 26.1 Å². The van der Waals surface area contributed by atoms with Crippen LogP contribution in [0.5, 0.6) is 0 Å². The third-order valence-corrected chi connectivity index (χ3v) is 2.94. The van der Waals surface area contributed by atoms with Gasteiger partial charge in [-0.05, 0) is 32.1 Å². The van der Waals surface area contributed by atoms with Crippen molar-refractivity contribution in [2.75, 3.05) is 6.54 Å². The fourth-order valence-electron chi connectivity index (χ4n) is 1.94. The Morgan fingerprint density at radius 2 is 1.74 bits per heavy atom. The van der Waals surface area contributed by atoms with E-state index in [-0.39, 0.29) is 23.7 Å². The van der Waals surface area contributed by atoms with Gasteiger partial charge >= 0.3 is 5.97 Å². The maximum Gasteiger partial charge on any atom is 0.303 e. The summed E-state index contributed by atoms with van der Waals surface area (Å²) in [6, 6.07) is 0. The number of nitrogens with one attached hydrogen (secondary N) is 1. The topological polar surface area (TPSA) is 92.4 Å². The Kier molecular flexibility index (Phi) is 6.49. The van der Waals surface area contributed by atoms with Crippen LogP contribution in [0.3, 0.4) is 0 Å². The quantitative estimate of drug-likeness (QED) is 0.658. The monoisotopic (exact) mass is 272 g/mol. The second kappa shape index (κ2) is 6.89. The van der Waals surface area contributed by atoms with Gasteiger partial charge in [-0.2, -0.15) is 0 Å². The lowest BCUT2D eigenvalue weighted by Crippen LogP contribution is -2.48. The molecule has 0 saturated carbocycles. The van der Waals surface area contributed by atoms with E-state index in [1.165, 1.54) is 0 Å². The number of aliphatic carboxylic acids is 1. The van der Waals surface area contributed by atoms with Crippen LogP contribution in [0.1, 0.15) is 53.9 Å². The molecule has 0 aliphatic rings. The van der Waals surface area contributed by atoms with Crippen molar-refractivity contribution < 1.29 is 14.7 Å². The zero-order chi connectivity index (χ0) is 15.3. The largest absolute Gasteiger partial charge is 0.481 e. The molecule has 112 valence electrons. The molecule has 0 heterocycles. The smallest absolute Gasteiger partial charge is 0.303 e. The lowest BCUT2D eigenvalue weighted by Gasteiger charge is -2.30. The number of carboxylic acid groups (broad SMARTS) is 1. The minimum absolute atomic E-state index is 0.0343. The molecule has 5 heteroatoms. The zero-order valence-electron chi connectivity index (χ0n) is 12.7. The summed E-state index contributed by atoms with van der Waals surface area (Å²) in [5, 5.41) is 11.6. The first-order valence-corrected chi connectivity index (χ1v) is 6.71. The van der Waals surface area contributed by atoms with Gasteiger partial charge in [-0.1, -0.05) is 20.8 Å². The molecule has 0 aliphatic carbocycles. The molecule has 0 rings (SSSR count). The van der Waals surface area contributed by atoms with Crippen LogP contribution in [0.2, 0.25) is 0 Å². The first-order valence-electron chi connectivity index (χ1n) is 6.71. The highest BCUT2D eigenvalue weighted by Crippen LogP contribution is 2.24. The summed E-state index contributed by atoms with van der Waals surface area (Å²) in [7, 11) is 0. The Hall–Kier alpha value is -1.10. The molecule has 0 aliphatic heterocycles.